The van der Waals surface area contributed by atoms with E-state index in [4.69, 9.17) is 9.97 Å². The summed E-state index contributed by atoms with van der Waals surface area (Å²) in [7, 11) is 2.15. The number of carbonyl (C=O) groups excluding carboxylic acids is 1. The van der Waals surface area contributed by atoms with Gasteiger partial charge >= 0.3 is 0 Å². The molecular weight excluding hydrogens is 446 g/mol. The first-order valence-corrected chi connectivity index (χ1v) is 12.6. The second kappa shape index (κ2) is 11.0. The number of hydrogen-bond donors (Lipinski definition) is 2. The lowest BCUT2D eigenvalue weighted by molar-refractivity contribution is -0.118. The highest BCUT2D eigenvalue weighted by Gasteiger charge is 2.21. The molecule has 9 heteroatoms. The number of H-pyrrole nitrogens is 1. The van der Waals surface area contributed by atoms with Crippen molar-refractivity contribution >= 4 is 35.0 Å². The SMILES string of the molecule is CCCC(=O)Cc1ccc(Sc2nc(Nc3cc(C)[nH]n3)c(C)c(N3CCN(C)CC3)n2)cc1. The maximum Gasteiger partial charge on any atom is 0.196 e. The molecule has 1 aliphatic rings. The molecule has 8 nitrogen and oxygen atoms in total. The van der Waals surface area contributed by atoms with Crippen LogP contribution in [0.4, 0.5) is 17.5 Å². The molecule has 2 aromatic heterocycles. The Morgan fingerprint density at radius 1 is 1.12 bits per heavy atom. The molecule has 0 amide bonds. The summed E-state index contributed by atoms with van der Waals surface area (Å²) >= 11 is 1.53. The zero-order valence-corrected chi connectivity index (χ0v) is 21.2. The zero-order valence-electron chi connectivity index (χ0n) is 20.4. The fourth-order valence-corrected chi connectivity index (χ4v) is 4.71. The molecule has 0 spiro atoms. The summed E-state index contributed by atoms with van der Waals surface area (Å²) in [5.74, 6) is 2.74. The molecule has 3 aromatic rings. The van der Waals surface area contributed by atoms with E-state index in [2.05, 4.69) is 39.3 Å². The van der Waals surface area contributed by atoms with Gasteiger partial charge in [0.15, 0.2) is 11.0 Å². The third-order valence-electron chi connectivity index (χ3n) is 5.92. The Labute approximate surface area is 205 Å². The van der Waals surface area contributed by atoms with Crippen LogP contribution in [0.1, 0.15) is 36.6 Å². The van der Waals surface area contributed by atoms with Crippen LogP contribution in [0.5, 0.6) is 0 Å². The van der Waals surface area contributed by atoms with Crippen molar-refractivity contribution in [3.8, 4) is 0 Å². The Kier molecular flexibility index (Phi) is 7.84. The minimum atomic E-state index is 0.283. The molecule has 1 aromatic carbocycles. The van der Waals surface area contributed by atoms with E-state index < -0.39 is 0 Å². The number of rotatable bonds is 9. The number of nitrogens with zero attached hydrogens (tertiary/aromatic N) is 5. The molecule has 0 aliphatic carbocycles. The number of carbonyl (C=O) groups is 1. The van der Waals surface area contributed by atoms with Gasteiger partial charge in [-0.15, -0.1) is 0 Å². The molecule has 0 radical (unpaired) electrons. The molecule has 34 heavy (non-hydrogen) atoms. The van der Waals surface area contributed by atoms with E-state index >= 15 is 0 Å². The zero-order chi connectivity index (χ0) is 24.1. The van der Waals surface area contributed by atoms with Crippen molar-refractivity contribution in [3.05, 3.63) is 47.2 Å². The summed E-state index contributed by atoms with van der Waals surface area (Å²) in [6.45, 7) is 9.94. The minimum absolute atomic E-state index is 0.283. The molecule has 3 heterocycles. The summed E-state index contributed by atoms with van der Waals surface area (Å²) in [6.07, 6.45) is 2.01. The first-order valence-electron chi connectivity index (χ1n) is 11.8. The Balaban J connectivity index is 1.58. The van der Waals surface area contributed by atoms with Gasteiger partial charge in [-0.1, -0.05) is 19.1 Å². The van der Waals surface area contributed by atoms with Crippen molar-refractivity contribution in [2.45, 2.75) is 50.1 Å². The lowest BCUT2D eigenvalue weighted by Gasteiger charge is -2.34. The number of ketones is 1. The van der Waals surface area contributed by atoms with Gasteiger partial charge in [0.1, 0.15) is 17.4 Å². The fraction of sp³-hybridized carbons (Fsp3) is 0.440. The van der Waals surface area contributed by atoms with E-state index in [0.717, 1.165) is 71.8 Å². The van der Waals surface area contributed by atoms with Crippen LogP contribution in [0.3, 0.4) is 0 Å². The van der Waals surface area contributed by atoms with Gasteiger partial charge in [-0.25, -0.2) is 9.97 Å². The van der Waals surface area contributed by atoms with E-state index in [1.807, 2.05) is 44.2 Å². The normalized spacial score (nSPS) is 14.4. The van der Waals surface area contributed by atoms with E-state index in [0.29, 0.717) is 18.0 Å². The molecule has 2 N–H and O–H groups in total. The number of benzene rings is 1. The van der Waals surface area contributed by atoms with Crippen LogP contribution in [-0.2, 0) is 11.2 Å². The van der Waals surface area contributed by atoms with E-state index in [9.17, 15) is 4.79 Å². The number of aryl methyl sites for hydroxylation is 1. The van der Waals surface area contributed by atoms with Crippen molar-refractivity contribution in [2.75, 3.05) is 43.4 Å². The van der Waals surface area contributed by atoms with Crippen LogP contribution < -0.4 is 10.2 Å². The number of hydrogen-bond acceptors (Lipinski definition) is 8. The molecule has 0 atom stereocenters. The van der Waals surface area contributed by atoms with Crippen LogP contribution in [0, 0.1) is 13.8 Å². The lowest BCUT2D eigenvalue weighted by Crippen LogP contribution is -2.45. The van der Waals surface area contributed by atoms with Crippen LogP contribution in [0.2, 0.25) is 0 Å². The van der Waals surface area contributed by atoms with Crippen LogP contribution in [0.25, 0.3) is 0 Å². The quantitative estimate of drug-likeness (QED) is 0.437. The van der Waals surface area contributed by atoms with Gasteiger partial charge in [-0.2, -0.15) is 5.10 Å². The third kappa shape index (κ3) is 6.15. The Hall–Kier alpha value is -2.91. The summed E-state index contributed by atoms with van der Waals surface area (Å²) in [4.78, 5) is 27.5. The Morgan fingerprint density at radius 3 is 2.50 bits per heavy atom. The fourth-order valence-electron chi connectivity index (χ4n) is 3.96. The molecule has 1 aliphatic heterocycles. The molecule has 180 valence electrons. The summed E-state index contributed by atoms with van der Waals surface area (Å²) in [5, 5.41) is 11.3. The average molecular weight is 480 g/mol. The van der Waals surface area contributed by atoms with Gasteiger partial charge in [0.05, 0.1) is 0 Å². The monoisotopic (exact) mass is 479 g/mol. The van der Waals surface area contributed by atoms with Crippen LogP contribution in [0.15, 0.2) is 40.4 Å². The summed E-state index contributed by atoms with van der Waals surface area (Å²) < 4.78 is 0. The van der Waals surface area contributed by atoms with Crippen molar-refractivity contribution in [1.29, 1.82) is 0 Å². The maximum atomic E-state index is 12.0. The van der Waals surface area contributed by atoms with E-state index in [-0.39, 0.29) is 5.78 Å². The topological polar surface area (TPSA) is 90.0 Å². The molecule has 4 rings (SSSR count). The Bertz CT molecular complexity index is 1120. The molecule has 0 saturated carbocycles. The number of aromatic nitrogens is 4. The molecule has 1 fully saturated rings. The van der Waals surface area contributed by atoms with Gasteiger partial charge in [-0.05, 0) is 56.8 Å². The highest BCUT2D eigenvalue weighted by Crippen LogP contribution is 2.32. The maximum absolute atomic E-state index is 12.0. The number of nitrogens with one attached hydrogen (secondary N) is 2. The number of likely N-dealkylation sites (N-methyl/N-ethyl adjacent to an activating group) is 1. The van der Waals surface area contributed by atoms with E-state index in [1.54, 1.807) is 0 Å². The predicted molar refractivity (Wildman–Crippen MR) is 137 cm³/mol. The summed E-state index contributed by atoms with van der Waals surface area (Å²) in [6, 6.07) is 10.1. The van der Waals surface area contributed by atoms with Gasteiger partial charge in [-0.3, -0.25) is 9.89 Å². The van der Waals surface area contributed by atoms with Crippen LogP contribution >= 0.6 is 11.8 Å². The van der Waals surface area contributed by atoms with Crippen molar-refractivity contribution < 1.29 is 4.79 Å². The number of aromatic amines is 1. The summed E-state index contributed by atoms with van der Waals surface area (Å²) in [5.41, 5.74) is 3.04. The smallest absolute Gasteiger partial charge is 0.196 e. The first kappa shape index (κ1) is 24.2. The molecule has 0 unspecified atom stereocenters. The van der Waals surface area contributed by atoms with E-state index in [1.165, 1.54) is 11.8 Å². The molecular formula is C25H33N7OS. The van der Waals surface area contributed by atoms with Crippen molar-refractivity contribution in [3.63, 3.8) is 0 Å². The highest BCUT2D eigenvalue weighted by molar-refractivity contribution is 7.99. The largest absolute Gasteiger partial charge is 0.354 e. The van der Waals surface area contributed by atoms with Gasteiger partial charge < -0.3 is 15.1 Å². The average Bonchev–Trinajstić information content (AvgIpc) is 3.22. The second-order valence-electron chi connectivity index (χ2n) is 8.87. The molecule has 1 saturated heterocycles. The Morgan fingerprint density at radius 2 is 1.85 bits per heavy atom. The first-order chi connectivity index (χ1) is 16.4. The van der Waals surface area contributed by atoms with Gasteiger partial charge in [0.2, 0.25) is 0 Å². The molecule has 0 bridgehead atoms. The van der Waals surface area contributed by atoms with Crippen molar-refractivity contribution in [1.82, 2.24) is 25.1 Å². The number of Topliss-reactive ketones (excluding diaryl/α,β-unsaturated/α-hetero) is 1. The van der Waals surface area contributed by atoms with Gasteiger partial charge in [0, 0.05) is 61.2 Å². The second-order valence-corrected chi connectivity index (χ2v) is 9.91. The highest BCUT2D eigenvalue weighted by atomic mass is 32.2. The predicted octanol–water partition coefficient (Wildman–Crippen LogP) is 4.37. The van der Waals surface area contributed by atoms with Crippen LogP contribution in [-0.4, -0.2) is 64.1 Å². The number of anilines is 3. The third-order valence-corrected chi connectivity index (χ3v) is 6.79. The van der Waals surface area contributed by atoms with Crippen molar-refractivity contribution in [2.24, 2.45) is 0 Å². The lowest BCUT2D eigenvalue weighted by atomic mass is 10.1. The van der Waals surface area contributed by atoms with Gasteiger partial charge in [0.25, 0.3) is 0 Å². The minimum Gasteiger partial charge on any atom is -0.354 e. The number of piperazine rings is 1. The standard InChI is InChI=1S/C25H33N7OS/c1-5-6-20(33)16-19-7-9-21(10-8-19)34-25-27-23(26-22-15-17(2)29-30-22)18(3)24(28-25)32-13-11-31(4)12-14-32/h7-10,15H,5-6,11-14,16H2,1-4H3,(H2,26,27,28,29,30).